The van der Waals surface area contributed by atoms with Crippen molar-refractivity contribution in [2.75, 3.05) is 6.54 Å². The van der Waals surface area contributed by atoms with Gasteiger partial charge in [0.1, 0.15) is 0 Å². The number of alkyl halides is 3. The Kier molecular flexibility index (Phi) is 4.66. The van der Waals surface area contributed by atoms with Gasteiger partial charge in [0, 0.05) is 17.6 Å². The van der Waals surface area contributed by atoms with Gasteiger partial charge in [-0.1, -0.05) is 12.0 Å². The summed E-state index contributed by atoms with van der Waals surface area (Å²) in [4.78, 5) is 25.2. The number of amides is 2. The number of hydrogen-bond donors (Lipinski definition) is 0. The number of thioether (sulfide) groups is 1. The molecule has 2 heterocycles. The molecule has 1 aromatic heterocycles. The second kappa shape index (κ2) is 6.77. The first-order chi connectivity index (χ1) is 12.3. The van der Waals surface area contributed by atoms with Crippen molar-refractivity contribution in [1.82, 2.24) is 9.47 Å². The predicted octanol–water partition coefficient (Wildman–Crippen LogP) is 4.17. The summed E-state index contributed by atoms with van der Waals surface area (Å²) >= 11 is 0.741. The normalized spacial score (nSPS) is 16.4. The van der Waals surface area contributed by atoms with E-state index in [1.807, 2.05) is 0 Å². The second-order valence-electron chi connectivity index (χ2n) is 5.32. The second-order valence-corrected chi connectivity index (χ2v) is 6.32. The highest BCUT2D eigenvalue weighted by atomic mass is 32.2. The lowest BCUT2D eigenvalue weighted by atomic mass is 10.2. The van der Waals surface area contributed by atoms with Gasteiger partial charge in [-0.25, -0.2) is 0 Å². The molecule has 0 spiro atoms. The average molecular weight is 376 g/mol. The van der Waals surface area contributed by atoms with Crippen LogP contribution < -0.4 is 0 Å². The first-order valence-corrected chi connectivity index (χ1v) is 8.17. The number of carbonyl (C=O) groups excluding carboxylic acids is 2. The van der Waals surface area contributed by atoms with Crippen LogP contribution in [0.25, 0.3) is 11.8 Å². The van der Waals surface area contributed by atoms with Crippen LogP contribution in [-0.4, -0.2) is 27.2 Å². The van der Waals surface area contributed by atoms with Crippen LogP contribution in [0.5, 0.6) is 0 Å². The summed E-state index contributed by atoms with van der Waals surface area (Å²) in [5.74, 6) is 1.72. The zero-order valence-corrected chi connectivity index (χ0v) is 14.0. The Morgan fingerprint density at radius 2 is 1.96 bits per heavy atom. The van der Waals surface area contributed by atoms with Crippen LogP contribution in [0.3, 0.4) is 0 Å². The van der Waals surface area contributed by atoms with E-state index in [9.17, 15) is 22.8 Å². The molecule has 0 radical (unpaired) electrons. The van der Waals surface area contributed by atoms with E-state index in [2.05, 4.69) is 5.92 Å². The Morgan fingerprint density at radius 3 is 2.65 bits per heavy atom. The summed E-state index contributed by atoms with van der Waals surface area (Å²) in [6.07, 6.45) is 3.72. The Labute approximate surface area is 151 Å². The molecule has 4 nitrogen and oxygen atoms in total. The summed E-state index contributed by atoms with van der Waals surface area (Å²) in [6.45, 7) is -0.128. The highest BCUT2D eigenvalue weighted by molar-refractivity contribution is 8.18. The minimum atomic E-state index is -4.46. The summed E-state index contributed by atoms with van der Waals surface area (Å²) in [7, 11) is 0. The third kappa shape index (κ3) is 3.39. The molecule has 3 rings (SSSR count). The number of aromatic nitrogens is 1. The van der Waals surface area contributed by atoms with Gasteiger partial charge in [0.2, 0.25) is 0 Å². The number of imide groups is 1. The van der Waals surface area contributed by atoms with E-state index in [-0.39, 0.29) is 11.4 Å². The van der Waals surface area contributed by atoms with Crippen LogP contribution in [0.4, 0.5) is 18.0 Å². The van der Waals surface area contributed by atoms with Gasteiger partial charge in [-0.05, 0) is 48.2 Å². The van der Waals surface area contributed by atoms with Crippen molar-refractivity contribution in [3.63, 3.8) is 0 Å². The highest BCUT2D eigenvalue weighted by Crippen LogP contribution is 2.33. The molecular weight excluding hydrogens is 365 g/mol. The topological polar surface area (TPSA) is 42.3 Å². The average Bonchev–Trinajstić information content (AvgIpc) is 3.15. The molecule has 1 fully saturated rings. The molecule has 0 bridgehead atoms. The number of terminal acetylenes is 1. The van der Waals surface area contributed by atoms with Gasteiger partial charge in [-0.2, -0.15) is 13.2 Å². The summed E-state index contributed by atoms with van der Waals surface area (Å²) in [5.41, 5.74) is -0.0153. The molecule has 1 aromatic carbocycles. The maximum atomic E-state index is 12.9. The standard InChI is InChI=1S/C18H11F3N2O2S/c1-2-8-23-16(24)15(26-17(23)25)11-14-7-4-9-22(14)13-6-3-5-12(10-13)18(19,20)21/h1,3-7,9-11H,8H2. The maximum Gasteiger partial charge on any atom is 0.416 e. The molecule has 26 heavy (non-hydrogen) atoms. The minimum absolute atomic E-state index is 0.128. The molecule has 1 aliphatic rings. The van der Waals surface area contributed by atoms with E-state index in [4.69, 9.17) is 6.42 Å². The Morgan fingerprint density at radius 1 is 1.19 bits per heavy atom. The van der Waals surface area contributed by atoms with E-state index >= 15 is 0 Å². The molecular formula is C18H11F3N2O2S. The van der Waals surface area contributed by atoms with Gasteiger partial charge in [0.25, 0.3) is 11.1 Å². The molecule has 2 amide bonds. The Balaban J connectivity index is 1.97. The SMILES string of the molecule is C#CCN1C(=O)SC(=Cc2cccn2-c2cccc(C(F)(F)F)c2)C1=O. The lowest BCUT2D eigenvalue weighted by Crippen LogP contribution is -2.28. The molecule has 8 heteroatoms. The van der Waals surface area contributed by atoms with Crippen LogP contribution >= 0.6 is 11.8 Å². The quantitative estimate of drug-likeness (QED) is 0.597. The molecule has 0 saturated carbocycles. The van der Waals surface area contributed by atoms with Crippen molar-refractivity contribution >= 4 is 29.0 Å². The van der Waals surface area contributed by atoms with Gasteiger partial charge in [0.15, 0.2) is 0 Å². The molecule has 0 aliphatic carbocycles. The molecule has 0 atom stereocenters. The fourth-order valence-electron chi connectivity index (χ4n) is 2.44. The Hall–Kier alpha value is -2.92. The summed E-state index contributed by atoms with van der Waals surface area (Å²) < 4.78 is 40.3. The number of hydrogen-bond acceptors (Lipinski definition) is 3. The van der Waals surface area contributed by atoms with E-state index in [0.717, 1.165) is 28.8 Å². The van der Waals surface area contributed by atoms with Crippen LogP contribution in [0, 0.1) is 12.3 Å². The van der Waals surface area contributed by atoms with E-state index in [1.165, 1.54) is 22.8 Å². The number of benzene rings is 1. The maximum absolute atomic E-state index is 12.9. The summed E-state index contributed by atoms with van der Waals surface area (Å²) in [5, 5.41) is -0.476. The van der Waals surface area contributed by atoms with Crippen LogP contribution in [-0.2, 0) is 11.0 Å². The molecule has 0 unspecified atom stereocenters. The van der Waals surface area contributed by atoms with E-state index in [0.29, 0.717) is 11.4 Å². The molecule has 0 N–H and O–H groups in total. The third-order valence-electron chi connectivity index (χ3n) is 3.63. The molecule has 132 valence electrons. The fourth-order valence-corrected chi connectivity index (χ4v) is 3.26. The summed E-state index contributed by atoms with van der Waals surface area (Å²) in [6, 6.07) is 8.10. The lowest BCUT2D eigenvalue weighted by molar-refractivity contribution is -0.137. The van der Waals surface area contributed by atoms with Gasteiger partial charge in [-0.15, -0.1) is 6.42 Å². The van der Waals surface area contributed by atoms with Gasteiger partial charge < -0.3 is 4.57 Å². The third-order valence-corrected chi connectivity index (χ3v) is 4.54. The van der Waals surface area contributed by atoms with Gasteiger partial charge in [-0.3, -0.25) is 14.5 Å². The monoisotopic (exact) mass is 376 g/mol. The number of carbonyl (C=O) groups is 2. The zero-order chi connectivity index (χ0) is 18.9. The Bertz CT molecular complexity index is 954. The van der Waals surface area contributed by atoms with Crippen LogP contribution in [0.1, 0.15) is 11.3 Å². The largest absolute Gasteiger partial charge is 0.416 e. The number of halogens is 3. The zero-order valence-electron chi connectivity index (χ0n) is 13.2. The fraction of sp³-hybridized carbons (Fsp3) is 0.111. The van der Waals surface area contributed by atoms with Crippen LogP contribution in [0.2, 0.25) is 0 Å². The van der Waals surface area contributed by atoms with E-state index < -0.39 is 22.9 Å². The number of rotatable bonds is 3. The highest BCUT2D eigenvalue weighted by Gasteiger charge is 2.34. The van der Waals surface area contributed by atoms with Crippen molar-refractivity contribution < 1.29 is 22.8 Å². The van der Waals surface area contributed by atoms with Gasteiger partial charge >= 0.3 is 6.18 Å². The first kappa shape index (κ1) is 17.9. The van der Waals surface area contributed by atoms with Crippen molar-refractivity contribution in [2.24, 2.45) is 0 Å². The van der Waals surface area contributed by atoms with Crippen molar-refractivity contribution in [3.8, 4) is 18.0 Å². The van der Waals surface area contributed by atoms with Crippen LogP contribution in [0.15, 0.2) is 47.5 Å². The van der Waals surface area contributed by atoms with E-state index in [1.54, 1.807) is 18.3 Å². The van der Waals surface area contributed by atoms with Crippen molar-refractivity contribution in [2.45, 2.75) is 6.18 Å². The minimum Gasteiger partial charge on any atom is -0.317 e. The van der Waals surface area contributed by atoms with Crippen molar-refractivity contribution in [1.29, 1.82) is 0 Å². The predicted molar refractivity (Wildman–Crippen MR) is 92.3 cm³/mol. The van der Waals surface area contributed by atoms with Gasteiger partial charge in [0.05, 0.1) is 17.0 Å². The smallest absolute Gasteiger partial charge is 0.317 e. The lowest BCUT2D eigenvalue weighted by Gasteiger charge is -2.11. The van der Waals surface area contributed by atoms with Crippen molar-refractivity contribution in [3.05, 3.63) is 58.8 Å². The number of nitrogens with zero attached hydrogens (tertiary/aromatic N) is 2. The first-order valence-electron chi connectivity index (χ1n) is 7.35. The molecule has 1 aliphatic heterocycles. The molecule has 1 saturated heterocycles. The molecule has 2 aromatic rings.